The minimum atomic E-state index is -0.774. The van der Waals surface area contributed by atoms with E-state index in [9.17, 15) is 10.1 Å². The van der Waals surface area contributed by atoms with E-state index in [0.717, 1.165) is 24.6 Å². The predicted molar refractivity (Wildman–Crippen MR) is 65.5 cm³/mol. The first-order valence-corrected chi connectivity index (χ1v) is 6.41. The molecular formula is C11H16N4OS. The lowest BCUT2D eigenvalue weighted by molar-refractivity contribution is 0.0907. The van der Waals surface area contributed by atoms with Crippen molar-refractivity contribution in [2.45, 2.75) is 45.1 Å². The molecule has 0 saturated carbocycles. The molecule has 0 aliphatic heterocycles. The van der Waals surface area contributed by atoms with Crippen LogP contribution in [0.5, 0.6) is 0 Å². The average molecular weight is 252 g/mol. The van der Waals surface area contributed by atoms with Gasteiger partial charge in [-0.25, -0.2) is 0 Å². The Bertz CT molecular complexity index is 390. The second-order valence-corrected chi connectivity index (χ2v) is 4.50. The van der Waals surface area contributed by atoms with Crippen molar-refractivity contribution in [2.75, 3.05) is 0 Å². The van der Waals surface area contributed by atoms with Crippen LogP contribution in [0.1, 0.15) is 50.0 Å². The molecule has 92 valence electrons. The molecule has 1 aromatic heterocycles. The van der Waals surface area contributed by atoms with Gasteiger partial charge in [0.1, 0.15) is 5.54 Å². The van der Waals surface area contributed by atoms with Crippen LogP contribution in [0.15, 0.2) is 6.20 Å². The minimum absolute atomic E-state index is 0.279. The number of rotatable bonds is 6. The Morgan fingerprint density at radius 1 is 1.53 bits per heavy atom. The quantitative estimate of drug-likeness (QED) is 0.841. The summed E-state index contributed by atoms with van der Waals surface area (Å²) in [7, 11) is 0. The van der Waals surface area contributed by atoms with Crippen molar-refractivity contribution in [2.24, 2.45) is 0 Å². The Kier molecular flexibility index (Phi) is 5.04. The van der Waals surface area contributed by atoms with Gasteiger partial charge in [-0.3, -0.25) is 4.79 Å². The zero-order chi connectivity index (χ0) is 12.7. The number of aromatic nitrogens is 2. The predicted octanol–water partition coefficient (Wildman–Crippen LogP) is 2.13. The lowest BCUT2D eigenvalue weighted by Gasteiger charge is -2.26. The molecule has 0 bridgehead atoms. The second-order valence-electron chi connectivity index (χ2n) is 3.94. The third kappa shape index (κ3) is 3.49. The molecule has 0 unspecified atom stereocenters. The summed E-state index contributed by atoms with van der Waals surface area (Å²) in [6, 6.07) is 2.23. The number of nitriles is 1. The molecule has 1 aromatic rings. The molecule has 0 aliphatic rings. The van der Waals surface area contributed by atoms with Crippen LogP contribution in [0.25, 0.3) is 0 Å². The number of amides is 1. The van der Waals surface area contributed by atoms with E-state index in [-0.39, 0.29) is 11.6 Å². The third-order valence-corrected chi connectivity index (χ3v) is 2.99. The van der Waals surface area contributed by atoms with Crippen LogP contribution in [0.4, 0.5) is 0 Å². The first kappa shape index (κ1) is 13.6. The fourth-order valence-electron chi connectivity index (χ4n) is 1.79. The highest BCUT2D eigenvalue weighted by atomic mass is 32.1. The van der Waals surface area contributed by atoms with Gasteiger partial charge in [0.05, 0.1) is 24.0 Å². The maximum absolute atomic E-state index is 11.9. The van der Waals surface area contributed by atoms with Crippen molar-refractivity contribution in [1.82, 2.24) is 14.1 Å². The van der Waals surface area contributed by atoms with E-state index in [1.54, 1.807) is 0 Å². The zero-order valence-electron chi connectivity index (χ0n) is 10.1. The summed E-state index contributed by atoms with van der Waals surface area (Å²) in [6.45, 7) is 4.00. The lowest BCUT2D eigenvalue weighted by atomic mass is 9.90. The highest BCUT2D eigenvalue weighted by Crippen LogP contribution is 2.19. The normalized spacial score (nSPS) is 10.9. The van der Waals surface area contributed by atoms with E-state index in [4.69, 9.17) is 0 Å². The smallest absolute Gasteiger partial charge is 0.273 e. The first-order valence-electron chi connectivity index (χ1n) is 5.68. The summed E-state index contributed by atoms with van der Waals surface area (Å²) < 4.78 is 7.64. The van der Waals surface area contributed by atoms with Crippen molar-refractivity contribution in [1.29, 1.82) is 5.26 Å². The zero-order valence-corrected chi connectivity index (χ0v) is 10.9. The summed E-state index contributed by atoms with van der Waals surface area (Å²) in [5.74, 6) is -0.317. The third-order valence-electron chi connectivity index (χ3n) is 2.51. The van der Waals surface area contributed by atoms with Crippen LogP contribution in [0, 0.1) is 11.3 Å². The van der Waals surface area contributed by atoms with Gasteiger partial charge in [0.15, 0.2) is 5.69 Å². The lowest BCUT2D eigenvalue weighted by Crippen LogP contribution is -2.47. The Labute approximate surface area is 105 Å². The maximum Gasteiger partial charge on any atom is 0.273 e. The van der Waals surface area contributed by atoms with Gasteiger partial charge in [0, 0.05) is 0 Å². The molecule has 0 aromatic carbocycles. The molecule has 0 radical (unpaired) electrons. The molecule has 1 heterocycles. The molecule has 1 N–H and O–H groups in total. The summed E-state index contributed by atoms with van der Waals surface area (Å²) in [5, 5.41) is 12.1. The maximum atomic E-state index is 11.9. The van der Waals surface area contributed by atoms with Gasteiger partial charge in [-0.05, 0) is 12.8 Å². The summed E-state index contributed by atoms with van der Waals surface area (Å²) >= 11 is 0.984. The van der Waals surface area contributed by atoms with Crippen LogP contribution in [-0.4, -0.2) is 20.2 Å². The molecule has 0 fully saturated rings. The van der Waals surface area contributed by atoms with Crippen molar-refractivity contribution < 1.29 is 4.79 Å². The van der Waals surface area contributed by atoms with Gasteiger partial charge in [0.2, 0.25) is 0 Å². The summed E-state index contributed by atoms with van der Waals surface area (Å²) in [5.41, 5.74) is -0.494. The summed E-state index contributed by atoms with van der Waals surface area (Å²) in [6.07, 6.45) is 4.42. The number of hydrogen-bond acceptors (Lipinski definition) is 5. The van der Waals surface area contributed by atoms with Crippen LogP contribution in [-0.2, 0) is 0 Å². The fraction of sp³-hybridized carbons (Fsp3) is 0.636. The van der Waals surface area contributed by atoms with Crippen molar-refractivity contribution in [3.05, 3.63) is 11.9 Å². The largest absolute Gasteiger partial charge is 0.332 e. The highest BCUT2D eigenvalue weighted by Gasteiger charge is 2.30. The number of carbonyl (C=O) groups excluding carboxylic acids is 1. The second kappa shape index (κ2) is 6.30. The molecule has 1 rings (SSSR count). The van der Waals surface area contributed by atoms with Crippen LogP contribution in [0.3, 0.4) is 0 Å². The summed E-state index contributed by atoms with van der Waals surface area (Å²) in [4.78, 5) is 11.9. The van der Waals surface area contributed by atoms with E-state index in [1.165, 1.54) is 6.20 Å². The van der Waals surface area contributed by atoms with Crippen molar-refractivity contribution >= 4 is 17.6 Å². The Morgan fingerprint density at radius 3 is 2.59 bits per heavy atom. The van der Waals surface area contributed by atoms with Gasteiger partial charge in [-0.1, -0.05) is 26.7 Å². The van der Waals surface area contributed by atoms with Gasteiger partial charge >= 0.3 is 0 Å². The topological polar surface area (TPSA) is 78.7 Å². The SMILES string of the molecule is CCCC(C#N)(CCC)NC(=O)c1cnsn1. The molecule has 0 aliphatic carbocycles. The Morgan fingerprint density at radius 2 is 2.18 bits per heavy atom. The van der Waals surface area contributed by atoms with E-state index in [0.29, 0.717) is 12.8 Å². The number of hydrogen-bond donors (Lipinski definition) is 1. The molecule has 17 heavy (non-hydrogen) atoms. The molecule has 6 heteroatoms. The average Bonchev–Trinajstić information content (AvgIpc) is 2.83. The van der Waals surface area contributed by atoms with E-state index in [2.05, 4.69) is 20.1 Å². The molecule has 0 spiro atoms. The van der Waals surface area contributed by atoms with E-state index in [1.807, 2.05) is 13.8 Å². The Hall–Kier alpha value is -1.48. The van der Waals surface area contributed by atoms with Gasteiger partial charge < -0.3 is 5.32 Å². The van der Waals surface area contributed by atoms with Crippen molar-refractivity contribution in [3.8, 4) is 6.07 Å². The number of nitrogens with one attached hydrogen (secondary N) is 1. The standard InChI is InChI=1S/C11H16N4OS/c1-3-5-11(8-12,6-4-2)14-10(16)9-7-13-17-15-9/h7H,3-6H2,1-2H3,(H,14,16). The molecule has 0 saturated heterocycles. The monoisotopic (exact) mass is 252 g/mol. The van der Waals surface area contributed by atoms with Gasteiger partial charge in [-0.15, -0.1) is 0 Å². The molecule has 5 nitrogen and oxygen atoms in total. The van der Waals surface area contributed by atoms with Gasteiger partial charge in [0.25, 0.3) is 5.91 Å². The minimum Gasteiger partial charge on any atom is -0.332 e. The molecule has 0 atom stereocenters. The fourth-order valence-corrected chi connectivity index (χ4v) is 2.20. The van der Waals surface area contributed by atoms with Gasteiger partial charge in [-0.2, -0.15) is 14.0 Å². The van der Waals surface area contributed by atoms with E-state index >= 15 is 0 Å². The first-order chi connectivity index (χ1) is 8.17. The van der Waals surface area contributed by atoms with E-state index < -0.39 is 5.54 Å². The van der Waals surface area contributed by atoms with Crippen LogP contribution in [0.2, 0.25) is 0 Å². The highest BCUT2D eigenvalue weighted by molar-refractivity contribution is 6.99. The molecular weight excluding hydrogens is 236 g/mol. The van der Waals surface area contributed by atoms with Crippen molar-refractivity contribution in [3.63, 3.8) is 0 Å². The van der Waals surface area contributed by atoms with Crippen LogP contribution < -0.4 is 5.32 Å². The molecule has 1 amide bonds. The number of carbonyl (C=O) groups is 1. The Balaban J connectivity index is 2.79. The van der Waals surface area contributed by atoms with Crippen LogP contribution >= 0.6 is 11.7 Å². The number of nitrogens with zero attached hydrogens (tertiary/aromatic N) is 3.